The van der Waals surface area contributed by atoms with Gasteiger partial charge in [0.2, 0.25) is 5.91 Å². The first-order valence-electron chi connectivity index (χ1n) is 6.46. The number of carboxylic acids is 2. The molecule has 1 aromatic rings. The minimum atomic E-state index is -4.09. The predicted octanol–water partition coefficient (Wildman–Crippen LogP) is -10.5. The Labute approximate surface area is 227 Å². The maximum absolute atomic E-state index is 12.6. The monoisotopic (exact) mass is 420 g/mol. The van der Waals surface area contributed by atoms with Crippen LogP contribution in [0, 0.1) is 0 Å². The van der Waals surface area contributed by atoms with E-state index in [4.69, 9.17) is 0 Å². The summed E-state index contributed by atoms with van der Waals surface area (Å²) in [5.74, 6) is -3.99. The number of sulfone groups is 1. The normalized spacial score (nSPS) is 29.0. The molecule has 2 fully saturated rings. The molecule has 0 aliphatic carbocycles. The van der Waals surface area contributed by atoms with E-state index in [0.717, 1.165) is 22.7 Å². The van der Waals surface area contributed by atoms with Gasteiger partial charge in [0.25, 0.3) is 0 Å². The Bertz CT molecular complexity index is 841. The smallest absolute Gasteiger partial charge is 0.548 e. The van der Waals surface area contributed by atoms with Gasteiger partial charge in [0.05, 0.1) is 37.1 Å². The number of nitrogens with zero attached hydrogens (tertiary/aromatic N) is 4. The number of carbonyl (C=O) groups is 3. The zero-order valence-corrected chi connectivity index (χ0v) is 20.8. The first kappa shape index (κ1) is 23.8. The number of fused-ring (bicyclic) bond motifs is 1. The van der Waals surface area contributed by atoms with Crippen molar-refractivity contribution in [1.29, 1.82) is 0 Å². The molecule has 0 unspecified atom stereocenters. The molecule has 0 aromatic carbocycles. The molecule has 2 saturated heterocycles. The molecule has 3 atom stereocenters. The molecule has 1 aromatic heterocycles. The summed E-state index contributed by atoms with van der Waals surface area (Å²) in [7, 11) is -4.09. The van der Waals surface area contributed by atoms with E-state index in [9.17, 15) is 33.0 Å². The van der Waals surface area contributed by atoms with Gasteiger partial charge in [0.15, 0.2) is 9.84 Å². The van der Waals surface area contributed by atoms with Crippen molar-refractivity contribution < 1.29 is 136 Å². The van der Waals surface area contributed by atoms with Gasteiger partial charge in [-0.2, -0.15) is 0 Å². The molecule has 11 nitrogen and oxygen atoms in total. The maximum atomic E-state index is 12.6. The number of aliphatic carboxylic acids is 1. The second-order valence-electron chi connectivity index (χ2n) is 5.60. The van der Waals surface area contributed by atoms with Crippen LogP contribution in [0.2, 0.25) is 0 Å². The van der Waals surface area contributed by atoms with Gasteiger partial charge < -0.3 is 24.7 Å². The Morgan fingerprint density at radius 1 is 1.36 bits per heavy atom. The molecule has 2 aliphatic heterocycles. The van der Waals surface area contributed by atoms with Gasteiger partial charge in [0.1, 0.15) is 15.8 Å². The van der Waals surface area contributed by atoms with E-state index in [0.29, 0.717) is 0 Å². The zero-order chi connectivity index (χ0) is 17.2. The molecule has 0 spiro atoms. The number of carboxylic acid groups (broad SMARTS) is 2. The first-order valence-corrected chi connectivity index (χ1v) is 8.01. The number of rotatable bonds is 4. The molecule has 25 heavy (non-hydrogen) atoms. The number of aromatic nitrogens is 3. The Balaban J connectivity index is 0.00000156. The van der Waals surface area contributed by atoms with Crippen LogP contribution in [0.15, 0.2) is 6.20 Å². The number of amides is 1. The number of aromatic carboxylic acids is 1. The second-order valence-corrected chi connectivity index (χ2v) is 8.17. The molecular formula is C11H10K2N4O7S. The number of carbonyl (C=O) groups excluding carboxylic acids is 3. The Hall–Kier alpha value is 0.773. The van der Waals surface area contributed by atoms with E-state index in [1.54, 1.807) is 0 Å². The zero-order valence-electron chi connectivity index (χ0n) is 13.7. The topological polar surface area (TPSA) is 165 Å². The van der Waals surface area contributed by atoms with Crippen molar-refractivity contribution in [3.8, 4) is 0 Å². The molecule has 3 rings (SSSR count). The Morgan fingerprint density at radius 2 is 1.96 bits per heavy atom. The van der Waals surface area contributed by atoms with E-state index in [1.807, 2.05) is 0 Å². The molecule has 14 heteroatoms. The number of hydrogen-bond acceptors (Lipinski definition) is 9. The second kappa shape index (κ2) is 8.02. The van der Waals surface area contributed by atoms with E-state index in [1.165, 1.54) is 0 Å². The summed E-state index contributed by atoms with van der Waals surface area (Å²) in [6.45, 7) is 0.507. The number of β-lactam (4-membered cyclic amide) rings is 1. The molecule has 0 radical (unpaired) electrons. The summed E-state index contributed by atoms with van der Waals surface area (Å²) in [6, 6.07) is -1.74. The molecular weight excluding hydrogens is 410 g/mol. The van der Waals surface area contributed by atoms with E-state index >= 15 is 0 Å². The van der Waals surface area contributed by atoms with Gasteiger partial charge >= 0.3 is 103 Å². The van der Waals surface area contributed by atoms with Crippen LogP contribution in [0.3, 0.4) is 0 Å². The summed E-state index contributed by atoms with van der Waals surface area (Å²) in [5, 5.41) is 28.0. The van der Waals surface area contributed by atoms with Crippen molar-refractivity contribution in [3.05, 3.63) is 11.9 Å². The van der Waals surface area contributed by atoms with Crippen molar-refractivity contribution in [2.24, 2.45) is 0 Å². The van der Waals surface area contributed by atoms with Crippen molar-refractivity contribution >= 4 is 27.7 Å². The van der Waals surface area contributed by atoms with Crippen LogP contribution in [-0.4, -0.2) is 62.3 Å². The molecule has 124 valence electrons. The summed E-state index contributed by atoms with van der Waals surface area (Å²) >= 11 is 0. The average Bonchev–Trinajstić information content (AvgIpc) is 2.92. The van der Waals surface area contributed by atoms with Crippen LogP contribution in [-0.2, 0) is 26.0 Å². The average molecular weight is 420 g/mol. The first-order chi connectivity index (χ1) is 10.6. The van der Waals surface area contributed by atoms with Crippen LogP contribution >= 0.6 is 0 Å². The van der Waals surface area contributed by atoms with Crippen LogP contribution < -0.4 is 113 Å². The molecule has 0 bridgehead atoms. The summed E-state index contributed by atoms with van der Waals surface area (Å²) in [5.41, 5.74) is -0.501. The fourth-order valence-electron chi connectivity index (χ4n) is 3.10. The standard InChI is InChI=1S/C11H12N4O7S.2K/c1-11(4-14-5(9(17)18)3-12-13-14)8(10(19)20)15-6(16)2-7(15)23(11,21)22;;/h3,7-8H,2,4H2,1H3,(H,17,18)(H,19,20);;/q;2*+1/p-2/t7-,8-,11-;;/m0../s1. The van der Waals surface area contributed by atoms with Crippen molar-refractivity contribution in [2.45, 2.75) is 36.1 Å². The molecule has 0 N–H and O–H groups in total. The fraction of sp³-hybridized carbons (Fsp3) is 0.545. The van der Waals surface area contributed by atoms with Gasteiger partial charge in [0, 0.05) is 0 Å². The maximum Gasteiger partial charge on any atom is 1.00 e. The van der Waals surface area contributed by atoms with Crippen LogP contribution in [0.4, 0.5) is 0 Å². The molecule has 0 saturated carbocycles. The van der Waals surface area contributed by atoms with Crippen molar-refractivity contribution in [3.63, 3.8) is 0 Å². The SMILES string of the molecule is C[C@]1(Cn2nncc2C(=O)[O-])[C@H](C(=O)[O-])N2C(=O)C[C@@H]2S1(=O)=O.[K+].[K+]. The van der Waals surface area contributed by atoms with Crippen molar-refractivity contribution in [1.82, 2.24) is 19.9 Å². The van der Waals surface area contributed by atoms with Gasteiger partial charge in [-0.05, 0) is 6.92 Å². The van der Waals surface area contributed by atoms with E-state index in [2.05, 4.69) is 10.3 Å². The van der Waals surface area contributed by atoms with E-state index in [-0.39, 0.29) is 109 Å². The third-order valence-corrected chi connectivity index (χ3v) is 7.09. The van der Waals surface area contributed by atoms with Gasteiger partial charge in [-0.3, -0.25) is 4.79 Å². The van der Waals surface area contributed by atoms with Gasteiger partial charge in [-0.25, -0.2) is 13.1 Å². The van der Waals surface area contributed by atoms with E-state index < -0.39 is 56.1 Å². The third-order valence-electron chi connectivity index (χ3n) is 4.33. The number of hydrogen-bond donors (Lipinski definition) is 0. The molecule has 3 heterocycles. The van der Waals surface area contributed by atoms with Gasteiger partial charge in [-0.15, -0.1) is 5.10 Å². The minimum Gasteiger partial charge on any atom is -0.548 e. The third kappa shape index (κ3) is 3.48. The molecule has 2 aliphatic rings. The van der Waals surface area contributed by atoms with Crippen LogP contribution in [0.1, 0.15) is 23.8 Å². The van der Waals surface area contributed by atoms with Gasteiger partial charge in [-0.1, -0.05) is 5.21 Å². The predicted molar refractivity (Wildman–Crippen MR) is 65.7 cm³/mol. The van der Waals surface area contributed by atoms with Crippen LogP contribution in [0.5, 0.6) is 0 Å². The summed E-state index contributed by atoms with van der Waals surface area (Å²) in [4.78, 5) is 34.8. The summed E-state index contributed by atoms with van der Waals surface area (Å²) < 4.78 is 24.0. The van der Waals surface area contributed by atoms with Crippen LogP contribution in [0.25, 0.3) is 0 Å². The molecule has 1 amide bonds. The summed E-state index contributed by atoms with van der Waals surface area (Å²) in [6.07, 6.45) is 0.542. The quantitative estimate of drug-likeness (QED) is 0.339. The Morgan fingerprint density at radius 3 is 2.44 bits per heavy atom. The largest absolute Gasteiger partial charge is 1.00 e. The fourth-order valence-corrected chi connectivity index (χ4v) is 5.45. The van der Waals surface area contributed by atoms with Crippen molar-refractivity contribution in [2.75, 3.05) is 0 Å². The minimum absolute atomic E-state index is 0. The Kier molecular flexibility index (Phi) is 7.64.